The minimum atomic E-state index is 0.153. The molecule has 4 heteroatoms. The normalized spacial score (nSPS) is 15.9. The molecule has 1 saturated carbocycles. The van der Waals surface area contributed by atoms with E-state index in [1.54, 1.807) is 0 Å². The number of aryl methyl sites for hydroxylation is 1. The zero-order valence-corrected chi connectivity index (χ0v) is 11.9. The molecule has 106 valence electrons. The van der Waals surface area contributed by atoms with Crippen LogP contribution in [-0.2, 0) is 0 Å². The van der Waals surface area contributed by atoms with E-state index in [1.165, 1.54) is 25.7 Å². The number of hydrogen-bond acceptors (Lipinski definition) is 4. The highest BCUT2D eigenvalue weighted by Crippen LogP contribution is 2.31. The van der Waals surface area contributed by atoms with Gasteiger partial charge in [-0.1, -0.05) is 37.1 Å². The van der Waals surface area contributed by atoms with Gasteiger partial charge in [0.25, 0.3) is 0 Å². The third kappa shape index (κ3) is 2.36. The molecule has 1 heterocycles. The van der Waals surface area contributed by atoms with Gasteiger partial charge in [0.15, 0.2) is 5.82 Å². The molecule has 1 aliphatic carbocycles. The standard InChI is InChI=1S/C16H21N3O/c1-12-14-8-4-5-9-15(14)16(18-17-12)19(10-11-20)13-6-2-3-7-13/h4-5,8-9,13,20H,2-3,6-7,10-11H2,1H3. The molecule has 1 aromatic heterocycles. The molecule has 1 N–H and O–H groups in total. The van der Waals surface area contributed by atoms with Gasteiger partial charge in [-0.3, -0.25) is 0 Å². The van der Waals surface area contributed by atoms with Crippen molar-refractivity contribution < 1.29 is 5.11 Å². The molecular weight excluding hydrogens is 250 g/mol. The number of fused-ring (bicyclic) bond motifs is 1. The molecule has 0 atom stereocenters. The predicted octanol–water partition coefficient (Wildman–Crippen LogP) is 2.68. The molecule has 1 aromatic carbocycles. The Labute approximate surface area is 119 Å². The Bertz CT molecular complexity index is 593. The van der Waals surface area contributed by atoms with Crippen molar-refractivity contribution in [1.82, 2.24) is 10.2 Å². The maximum atomic E-state index is 9.40. The first kappa shape index (κ1) is 13.3. The Morgan fingerprint density at radius 1 is 1.15 bits per heavy atom. The first-order chi connectivity index (χ1) is 9.81. The highest BCUT2D eigenvalue weighted by atomic mass is 16.3. The summed E-state index contributed by atoms with van der Waals surface area (Å²) in [6.07, 6.45) is 4.90. The molecule has 0 aliphatic heterocycles. The summed E-state index contributed by atoms with van der Waals surface area (Å²) in [5.74, 6) is 0.923. The Morgan fingerprint density at radius 3 is 2.55 bits per heavy atom. The highest BCUT2D eigenvalue weighted by molar-refractivity contribution is 5.93. The quantitative estimate of drug-likeness (QED) is 0.929. The van der Waals surface area contributed by atoms with Gasteiger partial charge in [0.05, 0.1) is 12.3 Å². The van der Waals surface area contributed by atoms with E-state index in [0.717, 1.165) is 22.3 Å². The second-order valence-corrected chi connectivity index (χ2v) is 5.51. The van der Waals surface area contributed by atoms with Crippen LogP contribution in [0, 0.1) is 6.92 Å². The molecule has 4 nitrogen and oxygen atoms in total. The number of rotatable bonds is 4. The Hall–Kier alpha value is -1.68. The summed E-state index contributed by atoms with van der Waals surface area (Å²) >= 11 is 0. The van der Waals surface area contributed by atoms with Gasteiger partial charge < -0.3 is 10.0 Å². The van der Waals surface area contributed by atoms with Crippen LogP contribution in [0.4, 0.5) is 5.82 Å². The zero-order valence-electron chi connectivity index (χ0n) is 11.9. The van der Waals surface area contributed by atoms with E-state index in [4.69, 9.17) is 0 Å². The van der Waals surface area contributed by atoms with Gasteiger partial charge in [-0.25, -0.2) is 0 Å². The second-order valence-electron chi connectivity index (χ2n) is 5.51. The maximum Gasteiger partial charge on any atom is 0.159 e. The fraction of sp³-hybridized carbons (Fsp3) is 0.500. The molecule has 20 heavy (non-hydrogen) atoms. The lowest BCUT2D eigenvalue weighted by molar-refractivity contribution is 0.297. The molecule has 0 radical (unpaired) electrons. The number of anilines is 1. The molecule has 0 saturated heterocycles. The predicted molar refractivity (Wildman–Crippen MR) is 81.0 cm³/mol. The number of hydrogen-bond donors (Lipinski definition) is 1. The SMILES string of the molecule is Cc1nnc(N(CCO)C2CCCC2)c2ccccc12. The summed E-state index contributed by atoms with van der Waals surface area (Å²) in [4.78, 5) is 2.25. The number of aromatic nitrogens is 2. The summed E-state index contributed by atoms with van der Waals surface area (Å²) in [6, 6.07) is 8.76. The molecule has 0 spiro atoms. The topological polar surface area (TPSA) is 49.2 Å². The van der Waals surface area contributed by atoms with Crippen LogP contribution >= 0.6 is 0 Å². The fourth-order valence-electron chi connectivity index (χ4n) is 3.22. The fourth-order valence-corrected chi connectivity index (χ4v) is 3.22. The van der Waals surface area contributed by atoms with Crippen molar-refractivity contribution >= 4 is 16.6 Å². The van der Waals surface area contributed by atoms with E-state index in [2.05, 4.69) is 27.2 Å². The van der Waals surface area contributed by atoms with E-state index in [1.807, 2.05) is 19.1 Å². The lowest BCUT2D eigenvalue weighted by Crippen LogP contribution is -2.36. The summed E-state index contributed by atoms with van der Waals surface area (Å²) in [6.45, 7) is 2.78. The smallest absolute Gasteiger partial charge is 0.159 e. The largest absolute Gasteiger partial charge is 0.395 e. The van der Waals surface area contributed by atoms with Gasteiger partial charge in [-0.15, -0.1) is 5.10 Å². The zero-order chi connectivity index (χ0) is 13.9. The second kappa shape index (κ2) is 5.75. The van der Waals surface area contributed by atoms with Crippen LogP contribution < -0.4 is 4.90 Å². The Balaban J connectivity index is 2.08. The molecule has 0 amide bonds. The lowest BCUT2D eigenvalue weighted by Gasteiger charge is -2.30. The van der Waals surface area contributed by atoms with Crippen molar-refractivity contribution in [2.45, 2.75) is 38.6 Å². The van der Waals surface area contributed by atoms with Crippen molar-refractivity contribution in [2.24, 2.45) is 0 Å². The molecule has 0 unspecified atom stereocenters. The van der Waals surface area contributed by atoms with Crippen LogP contribution in [0.3, 0.4) is 0 Å². The first-order valence-corrected chi connectivity index (χ1v) is 7.41. The molecule has 1 fully saturated rings. The molecule has 3 rings (SSSR count). The minimum absolute atomic E-state index is 0.153. The van der Waals surface area contributed by atoms with Gasteiger partial charge in [0.2, 0.25) is 0 Å². The first-order valence-electron chi connectivity index (χ1n) is 7.41. The monoisotopic (exact) mass is 271 g/mol. The number of nitrogens with zero attached hydrogens (tertiary/aromatic N) is 3. The van der Waals surface area contributed by atoms with Crippen LogP contribution in [0.25, 0.3) is 10.8 Å². The van der Waals surface area contributed by atoms with E-state index in [-0.39, 0.29) is 6.61 Å². The molecule has 1 aliphatic rings. The summed E-state index contributed by atoms with van der Waals surface area (Å²) < 4.78 is 0. The number of aliphatic hydroxyl groups excluding tert-OH is 1. The van der Waals surface area contributed by atoms with Gasteiger partial charge in [-0.05, 0) is 19.8 Å². The van der Waals surface area contributed by atoms with Gasteiger partial charge in [0.1, 0.15) is 0 Å². The summed E-state index contributed by atoms with van der Waals surface area (Å²) in [5, 5.41) is 20.4. The Kier molecular flexibility index (Phi) is 3.83. The van der Waals surface area contributed by atoms with Crippen molar-refractivity contribution in [3.63, 3.8) is 0 Å². The van der Waals surface area contributed by atoms with E-state index < -0.39 is 0 Å². The third-order valence-corrected chi connectivity index (χ3v) is 4.23. The van der Waals surface area contributed by atoms with E-state index in [0.29, 0.717) is 12.6 Å². The van der Waals surface area contributed by atoms with Crippen molar-refractivity contribution in [3.05, 3.63) is 30.0 Å². The molecular formula is C16H21N3O. The highest BCUT2D eigenvalue weighted by Gasteiger charge is 2.25. The van der Waals surface area contributed by atoms with Crippen LogP contribution in [0.15, 0.2) is 24.3 Å². The number of aliphatic hydroxyl groups is 1. The average molecular weight is 271 g/mol. The summed E-state index contributed by atoms with van der Waals surface area (Å²) in [5.41, 5.74) is 0.958. The van der Waals surface area contributed by atoms with Crippen LogP contribution in [0.1, 0.15) is 31.4 Å². The lowest BCUT2D eigenvalue weighted by atomic mass is 10.1. The third-order valence-electron chi connectivity index (χ3n) is 4.23. The van der Waals surface area contributed by atoms with Gasteiger partial charge in [0, 0.05) is 23.4 Å². The van der Waals surface area contributed by atoms with E-state index >= 15 is 0 Å². The minimum Gasteiger partial charge on any atom is -0.395 e. The Morgan fingerprint density at radius 2 is 1.85 bits per heavy atom. The van der Waals surface area contributed by atoms with Crippen LogP contribution in [0.5, 0.6) is 0 Å². The van der Waals surface area contributed by atoms with Crippen molar-refractivity contribution in [2.75, 3.05) is 18.1 Å². The molecule has 2 aromatic rings. The van der Waals surface area contributed by atoms with Gasteiger partial charge in [-0.2, -0.15) is 5.10 Å². The van der Waals surface area contributed by atoms with Crippen LogP contribution in [-0.4, -0.2) is 34.5 Å². The van der Waals surface area contributed by atoms with E-state index in [9.17, 15) is 5.11 Å². The summed E-state index contributed by atoms with van der Waals surface area (Å²) in [7, 11) is 0. The molecule has 0 bridgehead atoms. The van der Waals surface area contributed by atoms with Crippen molar-refractivity contribution in [1.29, 1.82) is 0 Å². The van der Waals surface area contributed by atoms with Gasteiger partial charge >= 0.3 is 0 Å². The van der Waals surface area contributed by atoms with Crippen molar-refractivity contribution in [3.8, 4) is 0 Å². The van der Waals surface area contributed by atoms with Crippen LogP contribution in [0.2, 0.25) is 0 Å². The number of benzene rings is 1. The maximum absolute atomic E-state index is 9.40. The average Bonchev–Trinajstić information content (AvgIpc) is 3.00.